The Labute approximate surface area is 181 Å². The van der Waals surface area contributed by atoms with Gasteiger partial charge < -0.3 is 10.6 Å². The monoisotopic (exact) mass is 437 g/mol. The van der Waals surface area contributed by atoms with Crippen LogP contribution in [0.15, 0.2) is 61.1 Å². The number of allylic oxidation sites excluding steroid dienone is 1. The molecule has 0 atom stereocenters. The third-order valence-corrected chi connectivity index (χ3v) is 4.66. The number of nitrogens with one attached hydrogen (secondary N) is 2. The predicted octanol–water partition coefficient (Wildman–Crippen LogP) is 3.94. The molecule has 0 radical (unpaired) electrons. The van der Waals surface area contributed by atoms with Gasteiger partial charge in [-0.05, 0) is 49.4 Å². The van der Waals surface area contributed by atoms with Gasteiger partial charge >= 0.3 is 0 Å². The molecule has 31 heavy (non-hydrogen) atoms. The molecule has 2 aromatic carbocycles. The van der Waals surface area contributed by atoms with Gasteiger partial charge in [0.1, 0.15) is 23.7 Å². The largest absolute Gasteiger partial charge is 0.347 e. The molecule has 0 bridgehead atoms. The topological polar surface area (TPSA) is 97.6 Å². The van der Waals surface area contributed by atoms with Gasteiger partial charge in [0.15, 0.2) is 0 Å². The smallest absolute Gasteiger partial charge is 0.243 e. The number of carbonyl (C=O) groups is 1. The predicted molar refractivity (Wildman–Crippen MR) is 116 cm³/mol. The summed E-state index contributed by atoms with van der Waals surface area (Å²) < 4.78 is 15.0. The zero-order valence-corrected chi connectivity index (χ0v) is 17.1. The first-order valence-corrected chi connectivity index (χ1v) is 9.70. The van der Waals surface area contributed by atoms with Crippen LogP contribution in [0, 0.1) is 5.82 Å². The van der Waals surface area contributed by atoms with Gasteiger partial charge in [0.2, 0.25) is 5.91 Å². The van der Waals surface area contributed by atoms with Gasteiger partial charge in [-0.2, -0.15) is 0 Å². The van der Waals surface area contributed by atoms with Crippen molar-refractivity contribution in [2.24, 2.45) is 0 Å². The SMILES string of the molecule is C/C=C/C(=O)NCc1cn(-c2ccc3ncnc(Nc4ccc(F)c(Cl)c4)c3c2)nn1. The first-order chi connectivity index (χ1) is 15.0. The lowest BCUT2D eigenvalue weighted by Crippen LogP contribution is -2.20. The van der Waals surface area contributed by atoms with Crippen molar-refractivity contribution >= 4 is 39.9 Å². The molecule has 0 aliphatic rings. The van der Waals surface area contributed by atoms with Crippen molar-refractivity contribution in [2.45, 2.75) is 13.5 Å². The summed E-state index contributed by atoms with van der Waals surface area (Å²) in [5.41, 5.74) is 2.66. The molecule has 0 saturated carbocycles. The van der Waals surface area contributed by atoms with Crippen molar-refractivity contribution in [3.63, 3.8) is 0 Å². The maximum atomic E-state index is 13.4. The minimum atomic E-state index is -0.494. The van der Waals surface area contributed by atoms with E-state index in [9.17, 15) is 9.18 Å². The summed E-state index contributed by atoms with van der Waals surface area (Å²) in [6.07, 6.45) is 6.27. The first kappa shape index (κ1) is 20.4. The van der Waals surface area contributed by atoms with E-state index in [1.165, 1.54) is 24.5 Å². The first-order valence-electron chi connectivity index (χ1n) is 9.32. The maximum absolute atomic E-state index is 13.4. The summed E-state index contributed by atoms with van der Waals surface area (Å²) in [4.78, 5) is 20.2. The Morgan fingerprint density at radius 1 is 1.23 bits per heavy atom. The lowest BCUT2D eigenvalue weighted by molar-refractivity contribution is -0.116. The number of halogens is 2. The summed E-state index contributed by atoms with van der Waals surface area (Å²) in [6.45, 7) is 2.03. The Hall–Kier alpha value is -3.85. The molecule has 10 heteroatoms. The standard InChI is InChI=1S/C21H17ClFN7O/c1-2-3-20(31)24-10-14-11-30(29-28-14)15-5-7-19-16(9-15)21(26-12-25-19)27-13-4-6-18(23)17(22)8-13/h2-9,11-12H,10H2,1H3,(H,24,31)(H,25,26,27)/b3-2+. The van der Waals surface area contributed by atoms with Crippen LogP contribution in [0.3, 0.4) is 0 Å². The molecule has 0 spiro atoms. The van der Waals surface area contributed by atoms with Crippen molar-refractivity contribution in [1.29, 1.82) is 0 Å². The number of benzene rings is 2. The van der Waals surface area contributed by atoms with Gasteiger partial charge in [-0.15, -0.1) is 5.10 Å². The fourth-order valence-electron chi connectivity index (χ4n) is 2.89. The molecule has 2 N–H and O–H groups in total. The molecule has 8 nitrogen and oxygen atoms in total. The maximum Gasteiger partial charge on any atom is 0.243 e. The van der Waals surface area contributed by atoms with Crippen LogP contribution in [-0.2, 0) is 11.3 Å². The van der Waals surface area contributed by atoms with E-state index in [2.05, 4.69) is 30.9 Å². The van der Waals surface area contributed by atoms with Crippen LogP contribution in [0.1, 0.15) is 12.6 Å². The van der Waals surface area contributed by atoms with E-state index in [4.69, 9.17) is 11.6 Å². The number of amides is 1. The molecular formula is C21H17ClFN7O. The van der Waals surface area contributed by atoms with Gasteiger partial charge in [-0.1, -0.05) is 22.9 Å². The quantitative estimate of drug-likeness (QED) is 0.443. The van der Waals surface area contributed by atoms with Gasteiger partial charge in [-0.3, -0.25) is 4.79 Å². The van der Waals surface area contributed by atoms with Gasteiger partial charge in [0.25, 0.3) is 0 Å². The van der Waals surface area contributed by atoms with Crippen LogP contribution in [0.2, 0.25) is 5.02 Å². The molecular weight excluding hydrogens is 421 g/mol. The summed E-state index contributed by atoms with van der Waals surface area (Å²) in [7, 11) is 0. The molecule has 0 aliphatic carbocycles. The highest BCUT2D eigenvalue weighted by atomic mass is 35.5. The molecule has 0 aliphatic heterocycles. The third kappa shape index (κ3) is 4.67. The molecule has 4 rings (SSSR count). The zero-order valence-electron chi connectivity index (χ0n) is 16.4. The van der Waals surface area contributed by atoms with Crippen LogP contribution >= 0.6 is 11.6 Å². The number of hydrogen-bond donors (Lipinski definition) is 2. The average Bonchev–Trinajstić information content (AvgIpc) is 3.24. The number of fused-ring (bicyclic) bond motifs is 1. The molecule has 0 fully saturated rings. The van der Waals surface area contributed by atoms with Gasteiger partial charge in [0.05, 0.1) is 29.0 Å². The van der Waals surface area contributed by atoms with Crippen molar-refractivity contribution in [3.05, 3.63) is 77.6 Å². The fourth-order valence-corrected chi connectivity index (χ4v) is 3.07. The summed E-state index contributed by atoms with van der Waals surface area (Å²) in [5.74, 6) is -0.157. The van der Waals surface area contributed by atoms with E-state index in [0.29, 0.717) is 22.7 Å². The number of hydrogen-bond acceptors (Lipinski definition) is 6. The molecule has 0 unspecified atom stereocenters. The molecule has 4 aromatic rings. The fraction of sp³-hybridized carbons (Fsp3) is 0.0952. The van der Waals surface area contributed by atoms with E-state index < -0.39 is 5.82 Å². The van der Waals surface area contributed by atoms with E-state index in [-0.39, 0.29) is 17.5 Å². The Bertz CT molecular complexity index is 1290. The highest BCUT2D eigenvalue weighted by Crippen LogP contribution is 2.27. The Kier molecular flexibility index (Phi) is 5.85. The van der Waals surface area contributed by atoms with Crippen molar-refractivity contribution in [1.82, 2.24) is 30.3 Å². The highest BCUT2D eigenvalue weighted by molar-refractivity contribution is 6.31. The summed E-state index contributed by atoms with van der Waals surface area (Å²) >= 11 is 5.87. The second-order valence-corrected chi connectivity index (χ2v) is 6.96. The third-order valence-electron chi connectivity index (χ3n) is 4.37. The number of carbonyl (C=O) groups excluding carboxylic acids is 1. The van der Waals surface area contributed by atoms with Crippen LogP contribution in [-0.4, -0.2) is 30.9 Å². The van der Waals surface area contributed by atoms with Gasteiger partial charge in [0, 0.05) is 11.1 Å². The Balaban J connectivity index is 1.61. The van der Waals surface area contributed by atoms with E-state index in [1.54, 1.807) is 29.9 Å². The second-order valence-electron chi connectivity index (χ2n) is 6.55. The lowest BCUT2D eigenvalue weighted by Gasteiger charge is -2.10. The van der Waals surface area contributed by atoms with Crippen molar-refractivity contribution < 1.29 is 9.18 Å². The van der Waals surface area contributed by atoms with Crippen molar-refractivity contribution in [2.75, 3.05) is 5.32 Å². The molecule has 1 amide bonds. The van der Waals surface area contributed by atoms with E-state index in [0.717, 1.165) is 11.1 Å². The Morgan fingerprint density at radius 3 is 2.90 bits per heavy atom. The molecule has 2 aromatic heterocycles. The second kappa shape index (κ2) is 8.88. The summed E-state index contributed by atoms with van der Waals surface area (Å²) in [6, 6.07) is 9.89. The van der Waals surface area contributed by atoms with Crippen molar-refractivity contribution in [3.8, 4) is 5.69 Å². The van der Waals surface area contributed by atoms with Crippen LogP contribution in [0.5, 0.6) is 0 Å². The minimum absolute atomic E-state index is 0.0146. The number of nitrogens with zero attached hydrogens (tertiary/aromatic N) is 5. The zero-order chi connectivity index (χ0) is 21.8. The number of aromatic nitrogens is 5. The van der Waals surface area contributed by atoms with Crippen LogP contribution in [0.25, 0.3) is 16.6 Å². The van der Waals surface area contributed by atoms with E-state index in [1.807, 2.05) is 18.2 Å². The number of rotatable bonds is 6. The lowest BCUT2D eigenvalue weighted by atomic mass is 10.2. The van der Waals surface area contributed by atoms with Crippen LogP contribution < -0.4 is 10.6 Å². The van der Waals surface area contributed by atoms with Crippen LogP contribution in [0.4, 0.5) is 15.9 Å². The minimum Gasteiger partial charge on any atom is -0.347 e. The van der Waals surface area contributed by atoms with E-state index >= 15 is 0 Å². The summed E-state index contributed by atoms with van der Waals surface area (Å²) in [5, 5.41) is 14.8. The van der Waals surface area contributed by atoms with Gasteiger partial charge in [-0.25, -0.2) is 19.0 Å². The number of anilines is 2. The average molecular weight is 438 g/mol. The normalized spacial score (nSPS) is 11.2. The highest BCUT2D eigenvalue weighted by Gasteiger charge is 2.10. The Morgan fingerprint density at radius 2 is 2.10 bits per heavy atom. The molecule has 0 saturated heterocycles. The molecule has 2 heterocycles. The molecule has 156 valence electrons.